The van der Waals surface area contributed by atoms with E-state index < -0.39 is 5.66 Å². The second kappa shape index (κ2) is 7.98. The summed E-state index contributed by atoms with van der Waals surface area (Å²) in [6, 6.07) is 19.9. The van der Waals surface area contributed by atoms with Gasteiger partial charge in [0.2, 0.25) is 0 Å². The highest BCUT2D eigenvalue weighted by Gasteiger charge is 2.53. The normalized spacial score (nSPS) is 20.5. The first kappa shape index (κ1) is 21.1. The zero-order valence-electron chi connectivity index (χ0n) is 16.9. The van der Waals surface area contributed by atoms with Crippen LogP contribution in [0.3, 0.4) is 0 Å². The fraction of sp³-hybridized carbons (Fsp3) is 0.154. The van der Waals surface area contributed by atoms with Gasteiger partial charge in [-0.25, -0.2) is 0 Å². The lowest BCUT2D eigenvalue weighted by Crippen LogP contribution is -2.64. The molecular formula is C26H18BrCl2N3. The van der Waals surface area contributed by atoms with Gasteiger partial charge in [0, 0.05) is 42.7 Å². The molecule has 1 N–H and O–H groups in total. The highest BCUT2D eigenvalue weighted by Crippen LogP contribution is 2.56. The lowest BCUT2D eigenvalue weighted by atomic mass is 9.82. The van der Waals surface area contributed by atoms with Crippen molar-refractivity contribution in [1.29, 1.82) is 0 Å². The van der Waals surface area contributed by atoms with Gasteiger partial charge in [-0.2, -0.15) is 0 Å². The highest BCUT2D eigenvalue weighted by atomic mass is 79.9. The van der Waals surface area contributed by atoms with E-state index in [9.17, 15) is 0 Å². The molecule has 0 radical (unpaired) electrons. The first-order valence-electron chi connectivity index (χ1n) is 10.0. The van der Waals surface area contributed by atoms with Gasteiger partial charge in [0.15, 0.2) is 5.66 Å². The van der Waals surface area contributed by atoms with E-state index in [-0.39, 0.29) is 6.17 Å². The fourth-order valence-corrected chi connectivity index (χ4v) is 5.44. The van der Waals surface area contributed by atoms with Crippen molar-refractivity contribution < 1.29 is 0 Å². The van der Waals surface area contributed by atoms with Gasteiger partial charge in [-0.3, -0.25) is 0 Å². The van der Waals surface area contributed by atoms with E-state index >= 15 is 0 Å². The summed E-state index contributed by atoms with van der Waals surface area (Å²) in [5.74, 6) is 5.74. The van der Waals surface area contributed by atoms with Crippen LogP contribution in [0.1, 0.15) is 23.7 Å². The summed E-state index contributed by atoms with van der Waals surface area (Å²) in [4.78, 5) is 4.51. The van der Waals surface area contributed by atoms with Gasteiger partial charge in [-0.05, 0) is 60.7 Å². The molecule has 6 heteroatoms. The van der Waals surface area contributed by atoms with Crippen LogP contribution in [0.2, 0.25) is 10.0 Å². The first-order chi connectivity index (χ1) is 15.5. The smallest absolute Gasteiger partial charge is 0.152 e. The lowest BCUT2D eigenvalue weighted by molar-refractivity contribution is 0.366. The van der Waals surface area contributed by atoms with Crippen molar-refractivity contribution in [3.05, 3.63) is 86.3 Å². The minimum absolute atomic E-state index is 0.218. The molecule has 158 valence electrons. The minimum Gasteiger partial charge on any atom is -0.358 e. The molecule has 2 heterocycles. The highest BCUT2D eigenvalue weighted by molar-refractivity contribution is 9.10. The van der Waals surface area contributed by atoms with Crippen LogP contribution in [-0.2, 0) is 5.66 Å². The van der Waals surface area contributed by atoms with Crippen molar-refractivity contribution in [3.8, 4) is 24.7 Å². The van der Waals surface area contributed by atoms with Crippen LogP contribution >= 0.6 is 39.1 Å². The van der Waals surface area contributed by atoms with Crippen molar-refractivity contribution in [2.24, 2.45) is 0 Å². The number of benzene rings is 3. The monoisotopic (exact) mass is 521 g/mol. The SMILES string of the molecule is C#CCN1c2ccc(Cl)cc2C2(CC#C)Nc3ccc(Cl)cc3C1N2c1ccc(Br)cc1. The lowest BCUT2D eigenvalue weighted by Gasteiger charge is -2.60. The molecule has 0 saturated heterocycles. The fourth-order valence-electron chi connectivity index (χ4n) is 4.82. The van der Waals surface area contributed by atoms with Gasteiger partial charge >= 0.3 is 0 Å². The molecule has 0 aliphatic carbocycles. The molecule has 2 atom stereocenters. The number of nitrogens with one attached hydrogen (secondary N) is 1. The molecule has 2 aliphatic rings. The average Bonchev–Trinajstić information content (AvgIpc) is 2.78. The standard InChI is InChI=1S/C26H18BrCl2N3/c1-3-13-26-22-16-19(29)8-12-24(22)31(14-4-2)25(21-15-18(28)7-11-23(21)30-26)32(26)20-9-5-17(27)6-10-20/h1-2,5-12,15-16,25,30H,13-14H2. The Labute approximate surface area is 206 Å². The minimum atomic E-state index is -0.723. The van der Waals surface area contributed by atoms with Gasteiger partial charge in [0.25, 0.3) is 0 Å². The largest absolute Gasteiger partial charge is 0.358 e. The van der Waals surface area contributed by atoms with Gasteiger partial charge in [-0.1, -0.05) is 45.1 Å². The third kappa shape index (κ3) is 3.14. The Kier molecular flexibility index (Phi) is 5.26. The Bertz CT molecular complexity index is 1290. The van der Waals surface area contributed by atoms with E-state index in [1.165, 1.54) is 0 Å². The Balaban J connectivity index is 1.89. The molecular weight excluding hydrogens is 505 g/mol. The van der Waals surface area contributed by atoms with Crippen LogP contribution in [0.25, 0.3) is 0 Å². The summed E-state index contributed by atoms with van der Waals surface area (Å²) >= 11 is 16.5. The summed E-state index contributed by atoms with van der Waals surface area (Å²) in [5.41, 5.74) is 4.26. The van der Waals surface area contributed by atoms with Crippen LogP contribution in [0.4, 0.5) is 17.1 Å². The predicted molar refractivity (Wildman–Crippen MR) is 137 cm³/mol. The Morgan fingerprint density at radius 3 is 2.41 bits per heavy atom. The Morgan fingerprint density at radius 2 is 1.69 bits per heavy atom. The van der Waals surface area contributed by atoms with E-state index in [1.54, 1.807) is 0 Å². The van der Waals surface area contributed by atoms with E-state index in [0.717, 1.165) is 32.7 Å². The zero-order valence-corrected chi connectivity index (χ0v) is 20.0. The van der Waals surface area contributed by atoms with Crippen molar-refractivity contribution in [1.82, 2.24) is 0 Å². The number of nitrogens with zero attached hydrogens (tertiary/aromatic N) is 2. The number of fused-ring (bicyclic) bond motifs is 6. The van der Waals surface area contributed by atoms with E-state index in [2.05, 4.69) is 55.0 Å². The molecule has 0 saturated carbocycles. The quantitative estimate of drug-likeness (QED) is 0.373. The number of hydrogen-bond acceptors (Lipinski definition) is 3. The zero-order chi connectivity index (χ0) is 22.5. The van der Waals surface area contributed by atoms with Crippen LogP contribution in [0.15, 0.2) is 65.1 Å². The van der Waals surface area contributed by atoms with Crippen molar-refractivity contribution in [3.63, 3.8) is 0 Å². The van der Waals surface area contributed by atoms with E-state index in [4.69, 9.17) is 36.0 Å². The summed E-state index contributed by atoms with van der Waals surface area (Å²) < 4.78 is 0.995. The number of anilines is 3. The second-order valence-corrected chi connectivity index (χ2v) is 9.60. The molecule has 0 amide bonds. The Morgan fingerprint density at radius 1 is 0.969 bits per heavy atom. The third-order valence-electron chi connectivity index (χ3n) is 6.02. The molecule has 5 rings (SSSR count). The van der Waals surface area contributed by atoms with Crippen molar-refractivity contribution in [2.45, 2.75) is 18.2 Å². The number of rotatable bonds is 3. The molecule has 3 aromatic rings. The van der Waals surface area contributed by atoms with Gasteiger partial charge in [-0.15, -0.1) is 18.8 Å². The number of halogens is 3. The summed E-state index contributed by atoms with van der Waals surface area (Å²) in [7, 11) is 0. The molecule has 0 aromatic heterocycles. The van der Waals surface area contributed by atoms with Gasteiger partial charge < -0.3 is 15.1 Å². The molecule has 32 heavy (non-hydrogen) atoms. The van der Waals surface area contributed by atoms with Crippen molar-refractivity contribution in [2.75, 3.05) is 21.7 Å². The maximum Gasteiger partial charge on any atom is 0.152 e. The molecule has 2 unspecified atom stereocenters. The summed E-state index contributed by atoms with van der Waals surface area (Å²) in [6.45, 7) is 0.407. The van der Waals surface area contributed by atoms with Gasteiger partial charge in [0.05, 0.1) is 13.0 Å². The maximum atomic E-state index is 6.50. The number of hydrogen-bond donors (Lipinski definition) is 1. The molecule has 2 aliphatic heterocycles. The van der Waals surface area contributed by atoms with Crippen molar-refractivity contribution >= 4 is 56.2 Å². The maximum absolute atomic E-state index is 6.50. The topological polar surface area (TPSA) is 18.5 Å². The molecule has 3 aromatic carbocycles. The van der Waals surface area contributed by atoms with E-state index in [0.29, 0.717) is 23.0 Å². The third-order valence-corrected chi connectivity index (χ3v) is 7.02. The van der Waals surface area contributed by atoms with Crippen LogP contribution in [-0.4, -0.2) is 6.54 Å². The first-order valence-corrected chi connectivity index (χ1v) is 11.6. The average molecular weight is 523 g/mol. The molecule has 3 nitrogen and oxygen atoms in total. The molecule has 0 fully saturated rings. The van der Waals surface area contributed by atoms with Crippen LogP contribution in [0.5, 0.6) is 0 Å². The molecule has 0 spiro atoms. The van der Waals surface area contributed by atoms with Crippen LogP contribution < -0.4 is 15.1 Å². The second-order valence-electron chi connectivity index (χ2n) is 7.81. The predicted octanol–water partition coefficient (Wildman–Crippen LogP) is 7.02. The van der Waals surface area contributed by atoms with Crippen LogP contribution in [0, 0.1) is 24.7 Å². The summed E-state index contributed by atoms with van der Waals surface area (Å²) in [6.07, 6.45) is 12.0. The van der Waals surface area contributed by atoms with Gasteiger partial charge in [0.1, 0.15) is 6.17 Å². The summed E-state index contributed by atoms with van der Waals surface area (Å²) in [5, 5.41) is 5.05. The Hall–Kier alpha value is -2.76. The molecule has 2 bridgehead atoms. The van der Waals surface area contributed by atoms with E-state index in [1.807, 2.05) is 48.5 Å². The number of terminal acetylenes is 2.